The van der Waals surface area contributed by atoms with Gasteiger partial charge in [-0.25, -0.2) is 0 Å². The van der Waals surface area contributed by atoms with E-state index >= 15 is 0 Å². The lowest BCUT2D eigenvalue weighted by Gasteiger charge is -2.31. The molecular weight excluding hydrogens is 300 g/mol. The van der Waals surface area contributed by atoms with E-state index in [0.717, 1.165) is 24.2 Å². The topological polar surface area (TPSA) is 64.3 Å². The van der Waals surface area contributed by atoms with Crippen LogP contribution in [0.25, 0.3) is 0 Å². The number of nitrogens with one attached hydrogen (secondary N) is 1. The van der Waals surface area contributed by atoms with Crippen molar-refractivity contribution in [2.75, 3.05) is 13.7 Å². The van der Waals surface area contributed by atoms with Gasteiger partial charge in [0, 0.05) is 18.5 Å². The van der Waals surface area contributed by atoms with Gasteiger partial charge in [-0.3, -0.25) is 4.79 Å². The largest absolute Gasteiger partial charge is 0.497 e. The minimum Gasteiger partial charge on any atom is -0.497 e. The Hall–Kier alpha value is -1.26. The maximum Gasteiger partial charge on any atom is 0.220 e. The van der Waals surface area contributed by atoms with Gasteiger partial charge in [-0.2, -0.15) is 0 Å². The van der Waals surface area contributed by atoms with E-state index in [1.54, 1.807) is 7.11 Å². The number of rotatable bonds is 8. The number of methoxy groups -OCH3 is 1. The zero-order chi connectivity index (χ0) is 15.9. The lowest BCUT2D eigenvalue weighted by Crippen LogP contribution is -2.52. The quantitative estimate of drug-likeness (QED) is 0.771. The van der Waals surface area contributed by atoms with Crippen LogP contribution in [0.15, 0.2) is 24.3 Å². The van der Waals surface area contributed by atoms with Crippen molar-refractivity contribution in [2.45, 2.75) is 45.6 Å². The third-order valence-corrected chi connectivity index (χ3v) is 3.55. The summed E-state index contributed by atoms with van der Waals surface area (Å²) in [5, 5.41) is 3.08. The minimum atomic E-state index is -0.314. The highest BCUT2D eigenvalue weighted by atomic mass is 35.5. The fourth-order valence-electron chi connectivity index (χ4n) is 2.54. The molecule has 126 valence electrons. The summed E-state index contributed by atoms with van der Waals surface area (Å²) in [5.41, 5.74) is 6.63. The lowest BCUT2D eigenvalue weighted by molar-refractivity contribution is -0.122. The Bertz CT molecular complexity index is 448. The number of halogens is 1. The first-order chi connectivity index (χ1) is 9.88. The van der Waals surface area contributed by atoms with Gasteiger partial charge in [-0.05, 0) is 43.4 Å². The van der Waals surface area contributed by atoms with Crippen LogP contribution in [-0.4, -0.2) is 25.1 Å². The van der Waals surface area contributed by atoms with Crippen molar-refractivity contribution >= 4 is 18.3 Å². The first-order valence-electron chi connectivity index (χ1n) is 7.52. The van der Waals surface area contributed by atoms with E-state index in [9.17, 15) is 4.79 Å². The predicted molar refractivity (Wildman–Crippen MR) is 93.6 cm³/mol. The van der Waals surface area contributed by atoms with Crippen LogP contribution in [0.2, 0.25) is 0 Å². The molecule has 0 aliphatic rings. The summed E-state index contributed by atoms with van der Waals surface area (Å²) < 4.78 is 5.12. The number of aryl methyl sites for hydroxylation is 1. The smallest absolute Gasteiger partial charge is 0.220 e. The van der Waals surface area contributed by atoms with E-state index in [4.69, 9.17) is 10.5 Å². The molecule has 1 atom stereocenters. The summed E-state index contributed by atoms with van der Waals surface area (Å²) in [4.78, 5) is 12.1. The van der Waals surface area contributed by atoms with Crippen molar-refractivity contribution in [3.05, 3.63) is 29.8 Å². The Balaban J connectivity index is 0.00000441. The monoisotopic (exact) mass is 328 g/mol. The van der Waals surface area contributed by atoms with Gasteiger partial charge >= 0.3 is 0 Å². The summed E-state index contributed by atoms with van der Waals surface area (Å²) in [6.07, 6.45) is 2.08. The van der Waals surface area contributed by atoms with E-state index in [0.29, 0.717) is 18.9 Å². The molecule has 0 saturated carbocycles. The number of hydrogen-bond donors (Lipinski definition) is 2. The Morgan fingerprint density at radius 1 is 1.32 bits per heavy atom. The second-order valence-corrected chi connectivity index (χ2v) is 6.26. The van der Waals surface area contributed by atoms with Crippen LogP contribution in [0, 0.1) is 5.92 Å². The van der Waals surface area contributed by atoms with Crippen LogP contribution in [-0.2, 0) is 11.2 Å². The van der Waals surface area contributed by atoms with Gasteiger partial charge in [0.15, 0.2) is 0 Å². The number of amides is 1. The number of benzene rings is 1. The van der Waals surface area contributed by atoms with E-state index in [2.05, 4.69) is 19.2 Å². The SMILES string of the molecule is COc1ccc(CCC(=O)NC(C)(CN)CC(C)C)cc1.Cl. The molecule has 1 aromatic rings. The van der Waals surface area contributed by atoms with Gasteiger partial charge in [0.2, 0.25) is 5.91 Å². The molecule has 5 heteroatoms. The van der Waals surface area contributed by atoms with Crippen molar-refractivity contribution in [1.29, 1.82) is 0 Å². The molecule has 0 aliphatic carbocycles. The number of carbonyl (C=O) groups is 1. The maximum atomic E-state index is 12.1. The van der Waals surface area contributed by atoms with Crippen molar-refractivity contribution in [2.24, 2.45) is 11.7 Å². The first-order valence-corrected chi connectivity index (χ1v) is 7.52. The van der Waals surface area contributed by atoms with Crippen LogP contribution in [0.5, 0.6) is 5.75 Å². The zero-order valence-corrected chi connectivity index (χ0v) is 14.8. The molecule has 0 bridgehead atoms. The zero-order valence-electron chi connectivity index (χ0n) is 14.0. The Morgan fingerprint density at radius 2 is 1.91 bits per heavy atom. The Kier molecular flexibility index (Phi) is 9.14. The van der Waals surface area contributed by atoms with Crippen LogP contribution in [0.3, 0.4) is 0 Å². The number of nitrogens with two attached hydrogens (primary N) is 1. The number of ether oxygens (including phenoxy) is 1. The average Bonchev–Trinajstić information content (AvgIpc) is 2.44. The van der Waals surface area contributed by atoms with Crippen LogP contribution < -0.4 is 15.8 Å². The molecule has 0 aliphatic heterocycles. The van der Waals surface area contributed by atoms with Gasteiger partial charge in [-0.1, -0.05) is 26.0 Å². The first kappa shape index (κ1) is 20.7. The fraction of sp³-hybridized carbons (Fsp3) is 0.588. The van der Waals surface area contributed by atoms with Crippen LogP contribution in [0.4, 0.5) is 0 Å². The highest BCUT2D eigenvalue weighted by molar-refractivity contribution is 5.85. The van der Waals surface area contributed by atoms with Gasteiger partial charge in [-0.15, -0.1) is 12.4 Å². The second-order valence-electron chi connectivity index (χ2n) is 6.26. The van der Waals surface area contributed by atoms with Gasteiger partial charge < -0.3 is 15.8 Å². The molecule has 1 aromatic carbocycles. The molecule has 1 amide bonds. The molecule has 3 N–H and O–H groups in total. The van der Waals surface area contributed by atoms with Gasteiger partial charge in [0.05, 0.1) is 7.11 Å². The van der Waals surface area contributed by atoms with E-state index in [-0.39, 0.29) is 23.9 Å². The maximum absolute atomic E-state index is 12.1. The molecule has 0 heterocycles. The molecule has 0 fully saturated rings. The normalized spacial score (nSPS) is 13.2. The average molecular weight is 329 g/mol. The Morgan fingerprint density at radius 3 is 2.36 bits per heavy atom. The summed E-state index contributed by atoms with van der Waals surface area (Å²) in [6.45, 7) is 6.74. The summed E-state index contributed by atoms with van der Waals surface area (Å²) in [5.74, 6) is 1.38. The summed E-state index contributed by atoms with van der Waals surface area (Å²) in [6, 6.07) is 7.80. The molecule has 1 rings (SSSR count). The van der Waals surface area contributed by atoms with Crippen LogP contribution in [0.1, 0.15) is 39.2 Å². The molecule has 0 saturated heterocycles. The van der Waals surface area contributed by atoms with Crippen molar-refractivity contribution in [1.82, 2.24) is 5.32 Å². The number of hydrogen-bond acceptors (Lipinski definition) is 3. The van der Waals surface area contributed by atoms with Crippen molar-refractivity contribution < 1.29 is 9.53 Å². The van der Waals surface area contributed by atoms with Gasteiger partial charge in [0.1, 0.15) is 5.75 Å². The van der Waals surface area contributed by atoms with E-state index in [1.165, 1.54) is 0 Å². The third kappa shape index (κ3) is 7.14. The molecular formula is C17H29ClN2O2. The minimum absolute atomic E-state index is 0. The Labute approximate surface area is 140 Å². The molecule has 22 heavy (non-hydrogen) atoms. The fourth-order valence-corrected chi connectivity index (χ4v) is 2.54. The lowest BCUT2D eigenvalue weighted by atomic mass is 9.90. The molecule has 0 aromatic heterocycles. The standard InChI is InChI=1S/C17H28N2O2.ClH/c1-13(2)11-17(3,12-18)19-16(20)10-7-14-5-8-15(21-4)9-6-14;/h5-6,8-9,13H,7,10-12,18H2,1-4H3,(H,19,20);1H. The molecule has 0 spiro atoms. The van der Waals surface area contributed by atoms with Crippen LogP contribution >= 0.6 is 12.4 Å². The van der Waals surface area contributed by atoms with Gasteiger partial charge in [0.25, 0.3) is 0 Å². The molecule has 1 unspecified atom stereocenters. The van der Waals surface area contributed by atoms with E-state index < -0.39 is 0 Å². The highest BCUT2D eigenvalue weighted by Crippen LogP contribution is 2.16. The second kappa shape index (κ2) is 9.70. The predicted octanol–water partition coefficient (Wildman–Crippen LogP) is 2.93. The number of carbonyl (C=O) groups excluding carboxylic acids is 1. The highest BCUT2D eigenvalue weighted by Gasteiger charge is 2.25. The summed E-state index contributed by atoms with van der Waals surface area (Å²) in [7, 11) is 1.64. The molecule has 4 nitrogen and oxygen atoms in total. The van der Waals surface area contributed by atoms with Crippen molar-refractivity contribution in [3.8, 4) is 5.75 Å². The summed E-state index contributed by atoms with van der Waals surface area (Å²) >= 11 is 0. The van der Waals surface area contributed by atoms with E-state index in [1.807, 2.05) is 31.2 Å². The third-order valence-electron chi connectivity index (χ3n) is 3.55. The van der Waals surface area contributed by atoms with Crippen molar-refractivity contribution in [3.63, 3.8) is 0 Å². The molecule has 0 radical (unpaired) electrons.